The molecule has 4 nitrogen and oxygen atoms in total. The molecule has 1 aliphatic rings. The average molecular weight is 267 g/mol. The van der Waals surface area contributed by atoms with E-state index in [1.165, 1.54) is 4.88 Å². The third-order valence-corrected chi connectivity index (χ3v) is 4.11. The van der Waals surface area contributed by atoms with Crippen molar-refractivity contribution in [2.45, 2.75) is 25.9 Å². The highest BCUT2D eigenvalue weighted by atomic mass is 32.1. The lowest BCUT2D eigenvalue weighted by molar-refractivity contribution is -0.132. The van der Waals surface area contributed by atoms with E-state index in [1.54, 1.807) is 18.3 Å². The van der Waals surface area contributed by atoms with Crippen molar-refractivity contribution in [2.75, 3.05) is 26.2 Å². The first kappa shape index (κ1) is 13.5. The number of thiophene rings is 1. The SMILES string of the molecule is C[C@H](N)C(=O)N1CCCN(Cc2cccs2)CC1. The molecule has 2 N–H and O–H groups in total. The highest BCUT2D eigenvalue weighted by Gasteiger charge is 2.21. The van der Waals surface area contributed by atoms with Gasteiger partial charge in [0.05, 0.1) is 6.04 Å². The van der Waals surface area contributed by atoms with Crippen molar-refractivity contribution in [3.8, 4) is 0 Å². The van der Waals surface area contributed by atoms with E-state index < -0.39 is 0 Å². The molecule has 1 aromatic heterocycles. The Balaban J connectivity index is 1.86. The van der Waals surface area contributed by atoms with Crippen molar-refractivity contribution in [1.29, 1.82) is 0 Å². The molecular weight excluding hydrogens is 246 g/mol. The van der Waals surface area contributed by atoms with E-state index in [-0.39, 0.29) is 11.9 Å². The first-order chi connectivity index (χ1) is 8.66. The van der Waals surface area contributed by atoms with E-state index >= 15 is 0 Å². The van der Waals surface area contributed by atoms with Crippen molar-refractivity contribution in [3.05, 3.63) is 22.4 Å². The molecule has 1 fully saturated rings. The van der Waals surface area contributed by atoms with Gasteiger partial charge in [-0.2, -0.15) is 0 Å². The van der Waals surface area contributed by atoms with Gasteiger partial charge in [0.1, 0.15) is 0 Å². The molecule has 1 amide bonds. The number of nitrogens with two attached hydrogens (primary N) is 1. The topological polar surface area (TPSA) is 49.6 Å². The lowest BCUT2D eigenvalue weighted by Gasteiger charge is -2.23. The minimum Gasteiger partial charge on any atom is -0.340 e. The van der Waals surface area contributed by atoms with Crippen LogP contribution in [-0.4, -0.2) is 47.9 Å². The summed E-state index contributed by atoms with van der Waals surface area (Å²) in [5, 5.41) is 2.11. The van der Waals surface area contributed by atoms with Crippen molar-refractivity contribution in [1.82, 2.24) is 9.80 Å². The minimum atomic E-state index is -0.381. The maximum atomic E-state index is 11.9. The Morgan fingerprint density at radius 2 is 2.28 bits per heavy atom. The van der Waals surface area contributed by atoms with Crippen molar-refractivity contribution >= 4 is 17.2 Å². The van der Waals surface area contributed by atoms with Crippen molar-refractivity contribution < 1.29 is 4.79 Å². The molecule has 0 aromatic carbocycles. The maximum Gasteiger partial charge on any atom is 0.239 e. The smallest absolute Gasteiger partial charge is 0.239 e. The Bertz CT molecular complexity index is 378. The normalized spacial score (nSPS) is 19.6. The van der Waals surface area contributed by atoms with Crippen LogP contribution in [0.15, 0.2) is 17.5 Å². The second-order valence-electron chi connectivity index (χ2n) is 4.82. The predicted octanol–water partition coefficient (Wildman–Crippen LogP) is 1.13. The van der Waals surface area contributed by atoms with Crippen LogP contribution in [0.25, 0.3) is 0 Å². The van der Waals surface area contributed by atoms with Gasteiger partial charge in [-0.15, -0.1) is 11.3 Å². The van der Waals surface area contributed by atoms with E-state index in [4.69, 9.17) is 5.73 Å². The minimum absolute atomic E-state index is 0.0768. The summed E-state index contributed by atoms with van der Waals surface area (Å²) < 4.78 is 0. The van der Waals surface area contributed by atoms with Gasteiger partial charge in [0.15, 0.2) is 0 Å². The van der Waals surface area contributed by atoms with Crippen LogP contribution in [0.1, 0.15) is 18.2 Å². The third kappa shape index (κ3) is 3.54. The van der Waals surface area contributed by atoms with E-state index in [0.717, 1.165) is 39.1 Å². The van der Waals surface area contributed by atoms with Crippen LogP contribution in [0.5, 0.6) is 0 Å². The molecule has 0 spiro atoms. The van der Waals surface area contributed by atoms with E-state index in [2.05, 4.69) is 22.4 Å². The van der Waals surface area contributed by atoms with Gasteiger partial charge >= 0.3 is 0 Å². The van der Waals surface area contributed by atoms with Crippen LogP contribution in [0.2, 0.25) is 0 Å². The van der Waals surface area contributed by atoms with Gasteiger partial charge in [-0.3, -0.25) is 9.69 Å². The number of nitrogens with zero attached hydrogens (tertiary/aromatic N) is 2. The number of carbonyl (C=O) groups excluding carboxylic acids is 1. The molecule has 0 aliphatic carbocycles. The van der Waals surface area contributed by atoms with Crippen molar-refractivity contribution in [2.24, 2.45) is 5.73 Å². The fraction of sp³-hybridized carbons (Fsp3) is 0.615. The van der Waals surface area contributed by atoms with Crippen LogP contribution >= 0.6 is 11.3 Å². The van der Waals surface area contributed by atoms with Gasteiger partial charge in [0, 0.05) is 37.6 Å². The van der Waals surface area contributed by atoms with Crippen molar-refractivity contribution in [3.63, 3.8) is 0 Å². The Labute approximate surface area is 112 Å². The summed E-state index contributed by atoms with van der Waals surface area (Å²) in [4.78, 5) is 17.6. The fourth-order valence-electron chi connectivity index (χ4n) is 2.26. The number of rotatable bonds is 3. The lowest BCUT2D eigenvalue weighted by Crippen LogP contribution is -2.43. The van der Waals surface area contributed by atoms with E-state index in [1.807, 2.05) is 4.90 Å². The lowest BCUT2D eigenvalue weighted by atomic mass is 10.3. The highest BCUT2D eigenvalue weighted by Crippen LogP contribution is 2.13. The molecule has 0 saturated carbocycles. The van der Waals surface area contributed by atoms with Gasteiger partial charge in [-0.25, -0.2) is 0 Å². The molecule has 1 aromatic rings. The molecule has 100 valence electrons. The molecule has 0 unspecified atom stereocenters. The summed E-state index contributed by atoms with van der Waals surface area (Å²) in [6.45, 7) is 6.39. The molecule has 2 rings (SSSR count). The van der Waals surface area contributed by atoms with E-state index in [9.17, 15) is 4.79 Å². The van der Waals surface area contributed by atoms with Crippen LogP contribution < -0.4 is 5.73 Å². The Morgan fingerprint density at radius 1 is 1.44 bits per heavy atom. The standard InChI is InChI=1S/C13H21N3OS/c1-11(14)13(17)16-6-3-5-15(7-8-16)10-12-4-2-9-18-12/h2,4,9,11H,3,5-8,10,14H2,1H3/t11-/m0/s1. The summed E-state index contributed by atoms with van der Waals surface area (Å²) >= 11 is 1.79. The quantitative estimate of drug-likeness (QED) is 0.893. The molecule has 1 saturated heterocycles. The molecule has 18 heavy (non-hydrogen) atoms. The summed E-state index contributed by atoms with van der Waals surface area (Å²) in [6, 6.07) is 3.87. The largest absolute Gasteiger partial charge is 0.340 e. The molecule has 1 aliphatic heterocycles. The molecule has 0 bridgehead atoms. The zero-order valence-corrected chi connectivity index (χ0v) is 11.7. The first-order valence-corrected chi connectivity index (χ1v) is 7.34. The van der Waals surface area contributed by atoms with Gasteiger partial charge in [-0.1, -0.05) is 6.07 Å². The maximum absolute atomic E-state index is 11.9. The second kappa shape index (κ2) is 6.31. The predicted molar refractivity (Wildman–Crippen MR) is 74.4 cm³/mol. The first-order valence-electron chi connectivity index (χ1n) is 6.46. The van der Waals surface area contributed by atoms with Crippen LogP contribution in [0.3, 0.4) is 0 Å². The summed E-state index contributed by atoms with van der Waals surface area (Å²) in [7, 11) is 0. The van der Waals surface area contributed by atoms with Gasteiger partial charge in [0.25, 0.3) is 0 Å². The van der Waals surface area contributed by atoms with Gasteiger partial charge in [0.2, 0.25) is 5.91 Å². The monoisotopic (exact) mass is 267 g/mol. The Morgan fingerprint density at radius 3 is 2.94 bits per heavy atom. The third-order valence-electron chi connectivity index (χ3n) is 3.25. The Hall–Kier alpha value is -0.910. The highest BCUT2D eigenvalue weighted by molar-refractivity contribution is 7.09. The molecular formula is C13H21N3OS. The fourth-order valence-corrected chi connectivity index (χ4v) is 3.01. The van der Waals surface area contributed by atoms with E-state index in [0.29, 0.717) is 0 Å². The van der Waals surface area contributed by atoms with Crippen LogP contribution in [-0.2, 0) is 11.3 Å². The Kier molecular flexibility index (Phi) is 4.74. The van der Waals surface area contributed by atoms with Crippen LogP contribution in [0, 0.1) is 0 Å². The van der Waals surface area contributed by atoms with Gasteiger partial charge < -0.3 is 10.6 Å². The molecule has 2 heterocycles. The molecule has 0 radical (unpaired) electrons. The number of hydrogen-bond donors (Lipinski definition) is 1. The second-order valence-corrected chi connectivity index (χ2v) is 5.86. The molecule has 1 atom stereocenters. The summed E-state index contributed by atoms with van der Waals surface area (Å²) in [5.74, 6) is 0.0768. The zero-order chi connectivity index (χ0) is 13.0. The van der Waals surface area contributed by atoms with Crippen LogP contribution in [0.4, 0.5) is 0 Å². The number of hydrogen-bond acceptors (Lipinski definition) is 4. The number of carbonyl (C=O) groups is 1. The average Bonchev–Trinajstić information content (AvgIpc) is 2.73. The zero-order valence-electron chi connectivity index (χ0n) is 10.8. The summed E-state index contributed by atoms with van der Waals surface area (Å²) in [5.41, 5.74) is 5.66. The molecule has 5 heteroatoms. The summed E-state index contributed by atoms with van der Waals surface area (Å²) in [6.07, 6.45) is 1.03. The number of amides is 1. The van der Waals surface area contributed by atoms with Gasteiger partial charge in [-0.05, 0) is 24.8 Å².